The van der Waals surface area contributed by atoms with E-state index in [-0.39, 0.29) is 11.3 Å². The minimum atomic E-state index is -4.77. The summed E-state index contributed by atoms with van der Waals surface area (Å²) in [6.45, 7) is 0. The number of carbonyl (C=O) groups is 1. The van der Waals surface area contributed by atoms with Gasteiger partial charge in [0.05, 0.1) is 0 Å². The standard InChI is InChI=1S/C14H9F4NO2/c15-10-3-1-2-9(8-10)13(20)19-11-4-6-12(7-5-11)21-14(16,17)18/h1-8H,(H,19,20). The van der Waals surface area contributed by atoms with Crippen LogP contribution in [0.15, 0.2) is 48.5 Å². The maximum atomic E-state index is 13.0. The van der Waals surface area contributed by atoms with Gasteiger partial charge in [0.15, 0.2) is 0 Å². The zero-order valence-corrected chi connectivity index (χ0v) is 10.4. The summed E-state index contributed by atoms with van der Waals surface area (Å²) >= 11 is 0. The van der Waals surface area contributed by atoms with Crippen molar-refractivity contribution in [3.8, 4) is 5.75 Å². The van der Waals surface area contributed by atoms with E-state index in [4.69, 9.17) is 0 Å². The average molecular weight is 299 g/mol. The minimum Gasteiger partial charge on any atom is -0.406 e. The highest BCUT2D eigenvalue weighted by Gasteiger charge is 2.30. The van der Waals surface area contributed by atoms with Gasteiger partial charge in [-0.05, 0) is 42.5 Å². The number of rotatable bonds is 3. The van der Waals surface area contributed by atoms with Gasteiger partial charge in [-0.25, -0.2) is 4.39 Å². The van der Waals surface area contributed by atoms with Crippen LogP contribution in [0.25, 0.3) is 0 Å². The molecule has 1 N–H and O–H groups in total. The molecular formula is C14H9F4NO2. The van der Waals surface area contributed by atoms with Gasteiger partial charge in [0.1, 0.15) is 11.6 Å². The van der Waals surface area contributed by atoms with Crippen molar-refractivity contribution in [3.63, 3.8) is 0 Å². The fourth-order valence-corrected chi connectivity index (χ4v) is 1.57. The Morgan fingerprint density at radius 3 is 2.29 bits per heavy atom. The van der Waals surface area contributed by atoms with Gasteiger partial charge in [-0.1, -0.05) is 6.07 Å². The fraction of sp³-hybridized carbons (Fsp3) is 0.0714. The first-order valence-electron chi connectivity index (χ1n) is 5.76. The molecule has 2 aromatic rings. The highest BCUT2D eigenvalue weighted by molar-refractivity contribution is 6.04. The first-order chi connectivity index (χ1) is 9.83. The number of carbonyl (C=O) groups excluding carboxylic acids is 1. The van der Waals surface area contributed by atoms with E-state index >= 15 is 0 Å². The van der Waals surface area contributed by atoms with E-state index in [1.807, 2.05) is 0 Å². The first kappa shape index (κ1) is 14.8. The Kier molecular flexibility index (Phi) is 4.11. The van der Waals surface area contributed by atoms with Gasteiger partial charge in [0, 0.05) is 11.3 Å². The molecule has 0 unspecified atom stereocenters. The summed E-state index contributed by atoms with van der Waals surface area (Å²) in [4.78, 5) is 11.8. The summed E-state index contributed by atoms with van der Waals surface area (Å²) in [5.74, 6) is -1.53. The molecule has 0 atom stereocenters. The predicted molar refractivity (Wildman–Crippen MR) is 67.5 cm³/mol. The van der Waals surface area contributed by atoms with E-state index in [1.165, 1.54) is 30.3 Å². The van der Waals surface area contributed by atoms with E-state index in [9.17, 15) is 22.4 Å². The molecule has 0 aliphatic rings. The van der Waals surface area contributed by atoms with E-state index in [1.54, 1.807) is 0 Å². The third-order valence-electron chi connectivity index (χ3n) is 2.43. The van der Waals surface area contributed by atoms with Crippen molar-refractivity contribution < 1.29 is 27.1 Å². The molecular weight excluding hydrogens is 290 g/mol. The van der Waals surface area contributed by atoms with E-state index in [2.05, 4.69) is 10.1 Å². The lowest BCUT2D eigenvalue weighted by molar-refractivity contribution is -0.274. The third-order valence-corrected chi connectivity index (χ3v) is 2.43. The summed E-state index contributed by atoms with van der Waals surface area (Å²) in [5.41, 5.74) is 0.365. The molecule has 0 fully saturated rings. The number of benzene rings is 2. The summed E-state index contributed by atoms with van der Waals surface area (Å²) in [7, 11) is 0. The van der Waals surface area contributed by atoms with Crippen LogP contribution in [-0.2, 0) is 0 Å². The van der Waals surface area contributed by atoms with Crippen molar-refractivity contribution in [2.75, 3.05) is 5.32 Å². The highest BCUT2D eigenvalue weighted by Crippen LogP contribution is 2.24. The molecule has 0 aromatic heterocycles. The van der Waals surface area contributed by atoms with Crippen LogP contribution in [0.3, 0.4) is 0 Å². The van der Waals surface area contributed by atoms with Gasteiger partial charge in [-0.3, -0.25) is 4.79 Å². The molecule has 0 saturated heterocycles. The smallest absolute Gasteiger partial charge is 0.406 e. The number of hydrogen-bond donors (Lipinski definition) is 1. The lowest BCUT2D eigenvalue weighted by Gasteiger charge is -2.10. The van der Waals surface area contributed by atoms with E-state index in [0.29, 0.717) is 0 Å². The van der Waals surface area contributed by atoms with Crippen LogP contribution in [0.4, 0.5) is 23.2 Å². The molecule has 0 heterocycles. The fourth-order valence-electron chi connectivity index (χ4n) is 1.57. The number of amides is 1. The monoisotopic (exact) mass is 299 g/mol. The first-order valence-corrected chi connectivity index (χ1v) is 5.76. The van der Waals surface area contributed by atoms with Crippen molar-refractivity contribution in [3.05, 3.63) is 59.9 Å². The Labute approximate surface area is 117 Å². The molecule has 7 heteroatoms. The highest BCUT2D eigenvalue weighted by atomic mass is 19.4. The topological polar surface area (TPSA) is 38.3 Å². The molecule has 0 aliphatic heterocycles. The zero-order chi connectivity index (χ0) is 15.5. The van der Waals surface area contributed by atoms with Gasteiger partial charge in [-0.2, -0.15) is 0 Å². The molecule has 2 rings (SSSR count). The molecule has 0 radical (unpaired) electrons. The minimum absolute atomic E-state index is 0.102. The average Bonchev–Trinajstić information content (AvgIpc) is 2.39. The normalized spacial score (nSPS) is 11.0. The maximum absolute atomic E-state index is 13.0. The van der Waals surface area contributed by atoms with E-state index in [0.717, 1.165) is 18.2 Å². The second-order valence-electron chi connectivity index (χ2n) is 4.04. The molecule has 1 amide bonds. The van der Waals surface area contributed by atoms with Crippen LogP contribution in [0, 0.1) is 5.82 Å². The van der Waals surface area contributed by atoms with Crippen molar-refractivity contribution in [1.29, 1.82) is 0 Å². The van der Waals surface area contributed by atoms with Crippen LogP contribution in [0.1, 0.15) is 10.4 Å². The Morgan fingerprint density at radius 2 is 1.71 bits per heavy atom. The van der Waals surface area contributed by atoms with E-state index < -0.39 is 23.8 Å². The SMILES string of the molecule is O=C(Nc1ccc(OC(F)(F)F)cc1)c1cccc(F)c1. The van der Waals surface area contributed by atoms with Crippen molar-refractivity contribution in [1.82, 2.24) is 0 Å². The summed E-state index contributed by atoms with van der Waals surface area (Å²) in [6.07, 6.45) is -4.77. The maximum Gasteiger partial charge on any atom is 0.573 e. The molecule has 0 aliphatic carbocycles. The van der Waals surface area contributed by atoms with Gasteiger partial charge in [0.2, 0.25) is 0 Å². The van der Waals surface area contributed by atoms with Crippen LogP contribution in [0.5, 0.6) is 5.75 Å². The quantitative estimate of drug-likeness (QED) is 0.871. The molecule has 2 aromatic carbocycles. The van der Waals surface area contributed by atoms with Crippen molar-refractivity contribution in [2.45, 2.75) is 6.36 Å². The van der Waals surface area contributed by atoms with Gasteiger partial charge >= 0.3 is 6.36 Å². The second-order valence-corrected chi connectivity index (χ2v) is 4.04. The Balaban J connectivity index is 2.05. The molecule has 21 heavy (non-hydrogen) atoms. The number of halogens is 4. The lowest BCUT2D eigenvalue weighted by atomic mass is 10.2. The number of ether oxygens (including phenoxy) is 1. The zero-order valence-electron chi connectivity index (χ0n) is 10.4. The Bertz CT molecular complexity index is 638. The number of anilines is 1. The second kappa shape index (κ2) is 5.82. The van der Waals surface area contributed by atoms with Crippen LogP contribution in [-0.4, -0.2) is 12.3 Å². The number of hydrogen-bond acceptors (Lipinski definition) is 2. The number of nitrogens with one attached hydrogen (secondary N) is 1. The van der Waals surface area contributed by atoms with Crippen LogP contribution in [0.2, 0.25) is 0 Å². The van der Waals surface area contributed by atoms with Gasteiger partial charge in [0.25, 0.3) is 5.91 Å². The van der Waals surface area contributed by atoms with Crippen molar-refractivity contribution >= 4 is 11.6 Å². The predicted octanol–water partition coefficient (Wildman–Crippen LogP) is 3.98. The molecule has 110 valence electrons. The molecule has 0 saturated carbocycles. The third kappa shape index (κ3) is 4.48. The molecule has 0 bridgehead atoms. The lowest BCUT2D eigenvalue weighted by Crippen LogP contribution is -2.17. The van der Waals surface area contributed by atoms with Crippen molar-refractivity contribution in [2.24, 2.45) is 0 Å². The van der Waals surface area contributed by atoms with Crippen LogP contribution < -0.4 is 10.1 Å². The number of alkyl halides is 3. The Hall–Kier alpha value is -2.57. The Morgan fingerprint density at radius 1 is 1.05 bits per heavy atom. The molecule has 3 nitrogen and oxygen atoms in total. The summed E-state index contributed by atoms with van der Waals surface area (Å²) < 4.78 is 52.6. The molecule has 0 spiro atoms. The van der Waals surface area contributed by atoms with Gasteiger partial charge in [-0.15, -0.1) is 13.2 Å². The summed E-state index contributed by atoms with van der Waals surface area (Å²) in [5, 5.41) is 2.43. The van der Waals surface area contributed by atoms with Crippen LogP contribution >= 0.6 is 0 Å². The summed E-state index contributed by atoms with van der Waals surface area (Å²) in [6, 6.07) is 9.67. The largest absolute Gasteiger partial charge is 0.573 e. The van der Waals surface area contributed by atoms with Gasteiger partial charge < -0.3 is 10.1 Å².